The van der Waals surface area contributed by atoms with Crippen molar-refractivity contribution >= 4 is 31.1 Å². The van der Waals surface area contributed by atoms with Gasteiger partial charge in [-0.1, -0.05) is 33.9 Å². The number of nitrogens with zero attached hydrogens (tertiary/aromatic N) is 3. The van der Waals surface area contributed by atoms with Gasteiger partial charge in [0, 0.05) is 13.8 Å². The maximum absolute atomic E-state index is 12.3. The van der Waals surface area contributed by atoms with Crippen LogP contribution in [0.15, 0.2) is 11.1 Å². The lowest BCUT2D eigenvalue weighted by Crippen LogP contribution is -2.48. The Kier molecular flexibility index (Phi) is 4.67. The average molecular weight is 409 g/mol. The second-order valence-electron chi connectivity index (χ2n) is 8.97. The second-order valence-corrected chi connectivity index (χ2v) is 14.6. The summed E-state index contributed by atoms with van der Waals surface area (Å²) in [6.07, 6.45) is -0.694. The van der Waals surface area contributed by atoms with Crippen LogP contribution in [0.5, 0.6) is 0 Å². The molecule has 3 N–H and O–H groups in total. The van der Waals surface area contributed by atoms with E-state index >= 15 is 0 Å². The Morgan fingerprint density at radius 3 is 2.71 bits per heavy atom. The number of aliphatic hydroxyl groups excluding tert-OH is 1. The molecule has 1 aliphatic rings. The van der Waals surface area contributed by atoms with Crippen molar-refractivity contribution in [3.63, 3.8) is 0 Å². The number of aliphatic hydroxyl groups is 1. The molecule has 4 atom stereocenters. The third-order valence-electron chi connectivity index (χ3n) is 6.14. The molecule has 0 bridgehead atoms. The average Bonchev–Trinajstić information content (AvgIpc) is 3.14. The van der Waals surface area contributed by atoms with E-state index in [1.54, 1.807) is 0 Å². The quantitative estimate of drug-likeness (QED) is 0.670. The Balaban J connectivity index is 2.07. The highest BCUT2D eigenvalue weighted by molar-refractivity contribution is 6.81. The van der Waals surface area contributed by atoms with E-state index < -0.39 is 32.1 Å². The van der Waals surface area contributed by atoms with E-state index in [-0.39, 0.29) is 40.5 Å². The van der Waals surface area contributed by atoms with E-state index in [1.165, 1.54) is 17.8 Å². The van der Waals surface area contributed by atoms with Crippen molar-refractivity contribution in [3.05, 3.63) is 16.7 Å². The van der Waals surface area contributed by atoms with Crippen LogP contribution in [0, 0.1) is 0 Å². The van der Waals surface area contributed by atoms with Crippen molar-refractivity contribution in [1.29, 1.82) is 0 Å². The number of rotatable bonds is 3. The summed E-state index contributed by atoms with van der Waals surface area (Å²) >= 11 is 0. The molecule has 1 saturated heterocycles. The zero-order valence-electron chi connectivity index (χ0n) is 18.1. The van der Waals surface area contributed by atoms with Gasteiger partial charge in [0.05, 0.1) is 20.5 Å². The van der Waals surface area contributed by atoms with Crippen molar-refractivity contribution in [2.75, 3.05) is 5.32 Å². The van der Waals surface area contributed by atoms with Gasteiger partial charge in [0.25, 0.3) is 5.56 Å². The molecule has 3 heterocycles. The van der Waals surface area contributed by atoms with Gasteiger partial charge in [0.1, 0.15) is 6.10 Å². The Morgan fingerprint density at radius 2 is 2.14 bits per heavy atom. The molecule has 28 heavy (non-hydrogen) atoms. The summed E-state index contributed by atoms with van der Waals surface area (Å²) in [5.41, 5.74) is -0.364. The number of hydrogen-bond donors (Lipinski definition) is 3. The summed E-state index contributed by atoms with van der Waals surface area (Å²) in [4.78, 5) is 34.5. The van der Waals surface area contributed by atoms with Crippen LogP contribution in [0.2, 0.25) is 23.7 Å². The fourth-order valence-corrected chi connectivity index (χ4v) is 6.73. The first kappa shape index (κ1) is 19.3. The first-order valence-corrected chi connectivity index (χ1v) is 12.3. The number of H-pyrrole nitrogens is 1. The third-order valence-corrected chi connectivity index (χ3v) is 12.4. The highest BCUT2D eigenvalue weighted by Crippen LogP contribution is 2.52. The van der Waals surface area contributed by atoms with E-state index in [9.17, 15) is 14.7 Å². The molecular formula is C18H29N5O4Si. The number of aromatic nitrogens is 4. The lowest BCUT2D eigenvalue weighted by Gasteiger charge is -2.44. The fourth-order valence-electron chi connectivity index (χ4n) is 3.70. The molecule has 1 fully saturated rings. The van der Waals surface area contributed by atoms with Gasteiger partial charge in [0.2, 0.25) is 11.9 Å². The lowest BCUT2D eigenvalue weighted by atomic mass is 10.2. The molecule has 3 rings (SSSR count). The second kappa shape index (κ2) is 6.78. The number of carbonyl (C=O) groups is 1. The number of nitrogens with one attached hydrogen (secondary N) is 2. The molecule has 9 nitrogen and oxygen atoms in total. The molecular weight excluding hydrogens is 378 g/mol. The predicted molar refractivity (Wildman–Crippen MR) is 109 cm³/mol. The molecule has 2 aromatic heterocycles. The number of imidazole rings is 1. The molecule has 0 radical (unpaired) electrons. The van der Waals surface area contributed by atoms with E-state index in [2.05, 4.69) is 54.1 Å². The Bertz CT molecular complexity index is 983. The third kappa shape index (κ3) is 3.29. The van der Waals surface area contributed by atoms with E-state index in [4.69, 9.17) is 6.11 Å². The summed E-state index contributed by atoms with van der Waals surface area (Å²) < 4.78 is 15.6. The van der Waals surface area contributed by atoms with Crippen molar-refractivity contribution < 1.29 is 16.0 Å². The van der Waals surface area contributed by atoms with Crippen LogP contribution in [0.4, 0.5) is 5.95 Å². The van der Waals surface area contributed by atoms with Gasteiger partial charge in [-0.3, -0.25) is 24.5 Å². The Labute approximate surface area is 165 Å². The first-order valence-electron chi connectivity index (χ1n) is 9.96. The molecule has 0 spiro atoms. The molecule has 154 valence electrons. The van der Waals surface area contributed by atoms with Crippen molar-refractivity contribution in [3.8, 4) is 0 Å². The van der Waals surface area contributed by atoms with Gasteiger partial charge in [0.15, 0.2) is 17.4 Å². The van der Waals surface area contributed by atoms with E-state index in [1.807, 2.05) is 0 Å². The SMILES string of the molecule is [2H]C[C@H]1O[C@@H](n2cnc3c(=O)[nH]c(NC(C)=O)nc32)[C@@H](O)C1[Si](C)(C)C(C)(C)C. The Morgan fingerprint density at radius 1 is 1.46 bits per heavy atom. The zero-order chi connectivity index (χ0) is 21.7. The van der Waals surface area contributed by atoms with Crippen LogP contribution in [0.1, 0.15) is 42.2 Å². The summed E-state index contributed by atoms with van der Waals surface area (Å²) in [7, 11) is -2.06. The van der Waals surface area contributed by atoms with Crippen LogP contribution in [-0.4, -0.2) is 50.8 Å². The number of amides is 1. The van der Waals surface area contributed by atoms with E-state index in [0.717, 1.165) is 0 Å². The van der Waals surface area contributed by atoms with Crippen LogP contribution in [-0.2, 0) is 9.53 Å². The minimum absolute atomic E-state index is 0.00206. The summed E-state index contributed by atoms with van der Waals surface area (Å²) in [6, 6.07) is 0. The summed E-state index contributed by atoms with van der Waals surface area (Å²) in [5.74, 6) is -0.370. The summed E-state index contributed by atoms with van der Waals surface area (Å²) in [5, 5.41) is 13.7. The number of carbonyl (C=O) groups excluding carboxylic acids is 1. The highest BCUT2D eigenvalue weighted by atomic mass is 28.3. The van der Waals surface area contributed by atoms with Gasteiger partial charge >= 0.3 is 0 Å². The van der Waals surface area contributed by atoms with Crippen LogP contribution in [0.25, 0.3) is 11.2 Å². The minimum Gasteiger partial charge on any atom is -0.388 e. The number of anilines is 1. The largest absolute Gasteiger partial charge is 0.388 e. The van der Waals surface area contributed by atoms with Gasteiger partial charge in [-0.2, -0.15) is 4.98 Å². The maximum Gasteiger partial charge on any atom is 0.280 e. The number of aromatic amines is 1. The number of ether oxygens (including phenoxy) is 1. The first-order chi connectivity index (χ1) is 13.4. The maximum atomic E-state index is 12.3. The molecule has 0 saturated carbocycles. The molecule has 2 aromatic rings. The van der Waals surface area contributed by atoms with Crippen LogP contribution >= 0.6 is 0 Å². The summed E-state index contributed by atoms with van der Waals surface area (Å²) in [6.45, 7) is 12.2. The Hall–Kier alpha value is -2.04. The minimum atomic E-state index is -2.06. The zero-order valence-corrected chi connectivity index (χ0v) is 18.1. The van der Waals surface area contributed by atoms with Gasteiger partial charge in [-0.15, -0.1) is 0 Å². The predicted octanol–water partition coefficient (Wildman–Crippen LogP) is 2.23. The van der Waals surface area contributed by atoms with Crippen molar-refractivity contribution in [2.45, 2.75) is 76.7 Å². The topological polar surface area (TPSA) is 122 Å². The standard InChI is InChI=1S/C18H29N5O4Si/c1-9-13(28(6,7)18(3,4)5)12(25)16(27-9)23-8-19-11-14(23)21-17(20-10(2)24)22-15(11)26/h8-9,12-13,16,25H,1-7H3,(H2,20,21,22,24,26)/t9-,12+,13?,16-/m1/s1/i1D. The molecule has 1 unspecified atom stereocenters. The smallest absolute Gasteiger partial charge is 0.280 e. The highest BCUT2D eigenvalue weighted by Gasteiger charge is 2.54. The lowest BCUT2D eigenvalue weighted by molar-refractivity contribution is -0.114. The van der Waals surface area contributed by atoms with Gasteiger partial charge < -0.3 is 9.84 Å². The van der Waals surface area contributed by atoms with Crippen LogP contribution in [0.3, 0.4) is 0 Å². The van der Waals surface area contributed by atoms with Gasteiger partial charge in [-0.25, -0.2) is 4.98 Å². The van der Waals surface area contributed by atoms with Crippen molar-refractivity contribution in [2.24, 2.45) is 0 Å². The molecule has 0 aliphatic carbocycles. The number of hydrogen-bond acceptors (Lipinski definition) is 6. The molecule has 1 aliphatic heterocycles. The molecule has 10 heteroatoms. The van der Waals surface area contributed by atoms with Crippen LogP contribution < -0.4 is 10.9 Å². The van der Waals surface area contributed by atoms with E-state index in [0.29, 0.717) is 0 Å². The normalized spacial score (nSPS) is 26.5. The number of fused-ring (bicyclic) bond motifs is 1. The fraction of sp³-hybridized carbons (Fsp3) is 0.667. The van der Waals surface area contributed by atoms with Gasteiger partial charge in [-0.05, 0) is 11.9 Å². The molecule has 1 amide bonds. The monoisotopic (exact) mass is 408 g/mol. The molecule has 0 aromatic carbocycles. The van der Waals surface area contributed by atoms with Crippen molar-refractivity contribution in [1.82, 2.24) is 19.5 Å².